The lowest BCUT2D eigenvalue weighted by Gasteiger charge is -2.34. The molecule has 0 radical (unpaired) electrons. The molecular weight excluding hydrogens is 495 g/mol. The molecule has 0 N–H and O–H groups in total. The van der Waals surface area contributed by atoms with Crippen LogP contribution in [0.2, 0.25) is 0 Å². The maximum Gasteiger partial charge on any atom is 0.126 e. The largest absolute Gasteiger partial charge is 0.496 e. The predicted molar refractivity (Wildman–Crippen MR) is 140 cm³/mol. The van der Waals surface area contributed by atoms with Crippen LogP contribution in [0.5, 0.6) is 5.75 Å². The fourth-order valence-electron chi connectivity index (χ4n) is 3.97. The molecule has 0 bridgehead atoms. The smallest absolute Gasteiger partial charge is 0.126 e. The Labute approximate surface area is 206 Å². The molecule has 0 aliphatic carbocycles. The Hall–Kier alpha value is -1.56. The summed E-state index contributed by atoms with van der Waals surface area (Å²) in [6, 6.07) is 21.3. The van der Waals surface area contributed by atoms with E-state index in [1.54, 1.807) is 7.11 Å². The topological polar surface area (TPSA) is 15.7 Å². The van der Waals surface area contributed by atoms with Gasteiger partial charge in [-0.25, -0.2) is 0 Å². The summed E-state index contributed by atoms with van der Waals surface area (Å²) in [5, 5.41) is 2.50. The predicted octanol–water partition coefficient (Wildman–Crippen LogP) is 6.29. The number of piperazine rings is 1. The Morgan fingerprint density at radius 3 is 2.29 bits per heavy atom. The average molecular weight is 524 g/mol. The number of methoxy groups -OCH3 is 1. The van der Waals surface area contributed by atoms with Gasteiger partial charge in [0.25, 0.3) is 0 Å². The van der Waals surface area contributed by atoms with Gasteiger partial charge in [-0.05, 0) is 34.7 Å². The van der Waals surface area contributed by atoms with Crippen molar-refractivity contribution < 1.29 is 4.74 Å². The molecule has 3 nitrogen and oxygen atoms in total. The van der Waals surface area contributed by atoms with Crippen LogP contribution in [-0.4, -0.2) is 49.6 Å². The minimum Gasteiger partial charge on any atom is -0.496 e. The second kappa shape index (κ2) is 12.5. The fraction of sp³-hybridized carbons (Fsp3) is 0.280. The van der Waals surface area contributed by atoms with E-state index in [0.29, 0.717) is 0 Å². The molecule has 3 aromatic rings. The van der Waals surface area contributed by atoms with E-state index in [9.17, 15) is 0 Å². The van der Waals surface area contributed by atoms with E-state index in [4.69, 9.17) is 4.74 Å². The van der Waals surface area contributed by atoms with Crippen LogP contribution in [0, 0.1) is 0 Å². The third-order valence-electron chi connectivity index (χ3n) is 5.58. The van der Waals surface area contributed by atoms with Gasteiger partial charge in [-0.2, -0.15) is 0 Å². The van der Waals surface area contributed by atoms with Crippen LogP contribution in [0.25, 0.3) is 16.8 Å². The molecule has 1 aliphatic rings. The van der Waals surface area contributed by atoms with Crippen LogP contribution in [0.1, 0.15) is 11.1 Å². The number of rotatable bonds is 6. The molecule has 0 saturated carbocycles. The number of benzene rings is 3. The summed E-state index contributed by atoms with van der Waals surface area (Å²) in [7, 11) is 1.74. The van der Waals surface area contributed by atoms with Crippen molar-refractivity contribution in [2.45, 2.75) is 6.54 Å². The highest BCUT2D eigenvalue weighted by molar-refractivity contribution is 9.10. The minimum absolute atomic E-state index is 0. The molecule has 0 spiro atoms. The van der Waals surface area contributed by atoms with Gasteiger partial charge >= 0.3 is 0 Å². The van der Waals surface area contributed by atoms with E-state index in [1.807, 2.05) is 0 Å². The van der Waals surface area contributed by atoms with Gasteiger partial charge in [0.2, 0.25) is 0 Å². The van der Waals surface area contributed by atoms with Crippen molar-refractivity contribution in [3.63, 3.8) is 0 Å². The lowest BCUT2D eigenvalue weighted by atomic mass is 10.0. The summed E-state index contributed by atoms with van der Waals surface area (Å²) in [6.07, 6.45) is 4.48. The Balaban J connectivity index is 0.00000171. The number of hydrogen-bond donors (Lipinski definition) is 0. The van der Waals surface area contributed by atoms with Gasteiger partial charge in [0.15, 0.2) is 0 Å². The van der Waals surface area contributed by atoms with Crippen LogP contribution in [0.4, 0.5) is 0 Å². The molecule has 31 heavy (non-hydrogen) atoms. The van der Waals surface area contributed by atoms with Crippen molar-refractivity contribution in [3.8, 4) is 5.75 Å². The van der Waals surface area contributed by atoms with Crippen molar-refractivity contribution in [1.82, 2.24) is 9.80 Å². The molecule has 166 valence electrons. The van der Waals surface area contributed by atoms with Crippen LogP contribution >= 0.6 is 40.7 Å². The molecule has 1 saturated heterocycles. The lowest BCUT2D eigenvalue weighted by molar-refractivity contribution is 0.137. The van der Waals surface area contributed by atoms with E-state index >= 15 is 0 Å². The molecule has 3 aromatic carbocycles. The molecule has 0 aromatic heterocycles. The normalized spacial score (nSPS) is 14.9. The highest BCUT2D eigenvalue weighted by Crippen LogP contribution is 2.29. The number of fused-ring (bicyclic) bond motifs is 1. The first kappa shape index (κ1) is 25.7. The van der Waals surface area contributed by atoms with E-state index in [1.165, 1.54) is 21.9 Å². The van der Waals surface area contributed by atoms with Crippen LogP contribution in [0.3, 0.4) is 0 Å². The summed E-state index contributed by atoms with van der Waals surface area (Å²) in [5.41, 5.74) is 2.62. The van der Waals surface area contributed by atoms with Gasteiger partial charge in [-0.3, -0.25) is 9.80 Å². The molecule has 1 heterocycles. The summed E-state index contributed by atoms with van der Waals surface area (Å²) in [4.78, 5) is 5.08. The molecule has 1 fully saturated rings. The summed E-state index contributed by atoms with van der Waals surface area (Å²) in [6.45, 7) is 6.42. The average Bonchev–Trinajstić information content (AvgIpc) is 2.75. The van der Waals surface area contributed by atoms with Crippen LogP contribution in [-0.2, 0) is 6.54 Å². The van der Waals surface area contributed by atoms with Crippen molar-refractivity contribution in [2.24, 2.45) is 0 Å². The number of hydrogen-bond acceptors (Lipinski definition) is 3. The van der Waals surface area contributed by atoms with Gasteiger partial charge in [0.05, 0.1) is 7.11 Å². The molecule has 0 unspecified atom stereocenters. The van der Waals surface area contributed by atoms with E-state index in [2.05, 4.69) is 98.5 Å². The standard InChI is InChI=1S/C25H27BrN2O.2ClH/c1-29-25-12-11-21(23-9-2-3-10-24(23)25)19-28-16-14-27(15-17-28)13-5-7-20-6-4-8-22(26)18-20;;/h2-12,18H,13-17,19H2,1H3;2*1H/b7-5+;;. The monoisotopic (exact) mass is 522 g/mol. The molecule has 4 rings (SSSR count). The first-order valence-electron chi connectivity index (χ1n) is 10.1. The highest BCUT2D eigenvalue weighted by atomic mass is 79.9. The first-order valence-corrected chi connectivity index (χ1v) is 10.9. The van der Waals surface area contributed by atoms with Gasteiger partial charge in [-0.1, -0.05) is 70.5 Å². The van der Waals surface area contributed by atoms with Crippen LogP contribution < -0.4 is 4.74 Å². The van der Waals surface area contributed by atoms with E-state index in [0.717, 1.165) is 49.5 Å². The number of halogens is 3. The van der Waals surface area contributed by atoms with E-state index < -0.39 is 0 Å². The number of ether oxygens (including phenoxy) is 1. The minimum atomic E-state index is 0. The fourth-order valence-corrected chi connectivity index (χ4v) is 4.39. The van der Waals surface area contributed by atoms with Crippen molar-refractivity contribution in [3.05, 3.63) is 82.3 Å². The Kier molecular flexibility index (Phi) is 10.3. The maximum atomic E-state index is 5.53. The molecule has 0 atom stereocenters. The Morgan fingerprint density at radius 1 is 0.871 bits per heavy atom. The van der Waals surface area contributed by atoms with Crippen molar-refractivity contribution in [2.75, 3.05) is 39.8 Å². The number of nitrogens with zero attached hydrogens (tertiary/aromatic N) is 2. The van der Waals surface area contributed by atoms with Crippen molar-refractivity contribution in [1.29, 1.82) is 0 Å². The zero-order chi connectivity index (χ0) is 20.1. The maximum absolute atomic E-state index is 5.53. The van der Waals surface area contributed by atoms with Gasteiger partial charge in [0, 0.05) is 49.1 Å². The zero-order valence-corrected chi connectivity index (χ0v) is 20.9. The second-order valence-corrected chi connectivity index (χ2v) is 8.42. The third-order valence-corrected chi connectivity index (χ3v) is 6.07. The second-order valence-electron chi connectivity index (χ2n) is 7.51. The quantitative estimate of drug-likeness (QED) is 0.378. The molecule has 1 aliphatic heterocycles. The van der Waals surface area contributed by atoms with Gasteiger partial charge < -0.3 is 4.74 Å². The molecule has 0 amide bonds. The third kappa shape index (κ3) is 6.71. The lowest BCUT2D eigenvalue weighted by Crippen LogP contribution is -2.45. The van der Waals surface area contributed by atoms with Gasteiger partial charge in [-0.15, -0.1) is 24.8 Å². The Bertz CT molecular complexity index is 1000. The SMILES string of the molecule is COc1ccc(CN2CCN(C/C=C/c3cccc(Br)c3)CC2)c2ccccc12.Cl.Cl. The molecular formula is C25H29BrCl2N2O. The Morgan fingerprint density at radius 2 is 1.58 bits per heavy atom. The zero-order valence-electron chi connectivity index (χ0n) is 17.7. The first-order chi connectivity index (χ1) is 14.2. The van der Waals surface area contributed by atoms with Crippen molar-refractivity contribution >= 4 is 57.6 Å². The molecule has 6 heteroatoms. The highest BCUT2D eigenvalue weighted by Gasteiger charge is 2.17. The summed E-state index contributed by atoms with van der Waals surface area (Å²) < 4.78 is 6.66. The summed E-state index contributed by atoms with van der Waals surface area (Å²) in [5.74, 6) is 0.950. The van der Waals surface area contributed by atoms with E-state index in [-0.39, 0.29) is 24.8 Å². The van der Waals surface area contributed by atoms with Gasteiger partial charge in [0.1, 0.15) is 5.75 Å². The summed E-state index contributed by atoms with van der Waals surface area (Å²) >= 11 is 3.53. The van der Waals surface area contributed by atoms with Crippen LogP contribution in [0.15, 0.2) is 71.2 Å².